The zero-order valence-electron chi connectivity index (χ0n) is 13.3. The first-order valence-corrected chi connectivity index (χ1v) is 8.06. The van der Waals surface area contributed by atoms with Gasteiger partial charge < -0.3 is 14.6 Å². The lowest BCUT2D eigenvalue weighted by Gasteiger charge is -2.23. The maximum atomic E-state index is 10.9. The Balaban J connectivity index is 2.03. The quantitative estimate of drug-likeness (QED) is 0.821. The summed E-state index contributed by atoms with van der Waals surface area (Å²) >= 11 is 1.10. The van der Waals surface area contributed by atoms with Gasteiger partial charge in [0, 0.05) is 0 Å². The number of carboxylic acid groups (broad SMARTS) is 1. The number of hydrogen-bond acceptors (Lipinski definition) is 5. The number of carbonyl (C=O) groups is 1. The third-order valence-corrected chi connectivity index (χ3v) is 5.02. The third-order valence-electron chi connectivity index (χ3n) is 3.91. The Morgan fingerprint density at radius 3 is 2.45 bits per heavy atom. The highest BCUT2D eigenvalue weighted by Gasteiger charge is 2.17. The van der Waals surface area contributed by atoms with Crippen molar-refractivity contribution < 1.29 is 14.6 Å². The molecule has 0 saturated heterocycles. The van der Waals surface area contributed by atoms with Crippen molar-refractivity contribution >= 4 is 17.3 Å². The largest absolute Gasteiger partial charge is 0.544 e. The SMILES string of the molecule is CCC(C)(C)c1ccc(OCc2nc(C)c(C(=O)[O-])s2)cc1. The fourth-order valence-corrected chi connectivity index (χ4v) is 2.87. The summed E-state index contributed by atoms with van der Waals surface area (Å²) < 4.78 is 5.68. The second-order valence-corrected chi connectivity index (χ2v) is 6.94. The molecule has 1 heterocycles. The van der Waals surface area contributed by atoms with E-state index in [0.29, 0.717) is 10.7 Å². The first-order chi connectivity index (χ1) is 10.3. The van der Waals surface area contributed by atoms with E-state index in [9.17, 15) is 9.90 Å². The minimum absolute atomic E-state index is 0.147. The number of ether oxygens (including phenoxy) is 1. The van der Waals surface area contributed by atoms with E-state index in [1.165, 1.54) is 5.56 Å². The number of carbonyl (C=O) groups excluding carboxylic acids is 1. The van der Waals surface area contributed by atoms with Crippen LogP contribution in [0.1, 0.15) is 53.1 Å². The second kappa shape index (κ2) is 6.48. The summed E-state index contributed by atoms with van der Waals surface area (Å²) in [6.07, 6.45) is 1.07. The number of hydrogen-bond donors (Lipinski definition) is 0. The first-order valence-electron chi connectivity index (χ1n) is 7.24. The monoisotopic (exact) mass is 318 g/mol. The van der Waals surface area contributed by atoms with Gasteiger partial charge in [-0.3, -0.25) is 0 Å². The van der Waals surface area contributed by atoms with Crippen LogP contribution in [0.15, 0.2) is 24.3 Å². The molecular weight excluding hydrogens is 298 g/mol. The molecule has 0 spiro atoms. The van der Waals surface area contributed by atoms with E-state index in [1.54, 1.807) is 6.92 Å². The van der Waals surface area contributed by atoms with Crippen LogP contribution in [-0.2, 0) is 12.0 Å². The van der Waals surface area contributed by atoms with E-state index >= 15 is 0 Å². The Kier molecular flexibility index (Phi) is 4.86. The summed E-state index contributed by atoms with van der Waals surface area (Å²) in [5, 5.41) is 11.5. The van der Waals surface area contributed by atoms with Crippen molar-refractivity contribution in [3.05, 3.63) is 45.4 Å². The van der Waals surface area contributed by atoms with Gasteiger partial charge in [-0.15, -0.1) is 11.3 Å². The molecule has 0 atom stereocenters. The minimum atomic E-state index is -1.19. The number of aryl methyl sites for hydroxylation is 1. The van der Waals surface area contributed by atoms with Crippen LogP contribution in [0.25, 0.3) is 0 Å². The van der Waals surface area contributed by atoms with Crippen LogP contribution in [-0.4, -0.2) is 11.0 Å². The first kappa shape index (κ1) is 16.5. The lowest BCUT2D eigenvalue weighted by molar-refractivity contribution is -0.254. The lowest BCUT2D eigenvalue weighted by Crippen LogP contribution is -2.21. The molecule has 1 aromatic carbocycles. The molecule has 0 aliphatic heterocycles. The molecule has 0 N–H and O–H groups in total. The molecule has 4 nitrogen and oxygen atoms in total. The predicted octanol–water partition coefficient (Wildman–Crippen LogP) is 3.08. The standard InChI is InChI=1S/C17H21NO3S/c1-5-17(3,4)12-6-8-13(9-7-12)21-10-14-18-11(2)15(22-14)16(19)20/h6-9H,5,10H2,1-4H3,(H,19,20)/p-1. The number of nitrogens with zero attached hydrogens (tertiary/aromatic N) is 1. The summed E-state index contributed by atoms with van der Waals surface area (Å²) in [4.78, 5) is 15.2. The fraction of sp³-hybridized carbons (Fsp3) is 0.412. The van der Waals surface area contributed by atoms with Crippen LogP contribution in [0, 0.1) is 6.92 Å². The number of rotatable bonds is 6. The second-order valence-electron chi connectivity index (χ2n) is 5.86. The van der Waals surface area contributed by atoms with Crippen LogP contribution in [0.5, 0.6) is 5.75 Å². The molecule has 1 aromatic heterocycles. The van der Waals surface area contributed by atoms with Crippen molar-refractivity contribution in [1.29, 1.82) is 0 Å². The zero-order chi connectivity index (χ0) is 16.3. The number of benzene rings is 1. The van der Waals surface area contributed by atoms with E-state index < -0.39 is 5.97 Å². The van der Waals surface area contributed by atoms with Crippen molar-refractivity contribution in [3.8, 4) is 5.75 Å². The molecule has 0 amide bonds. The molecule has 2 aromatic rings. The van der Waals surface area contributed by atoms with Gasteiger partial charge in [-0.1, -0.05) is 32.9 Å². The smallest absolute Gasteiger partial charge is 0.140 e. The van der Waals surface area contributed by atoms with Crippen LogP contribution in [0.3, 0.4) is 0 Å². The van der Waals surface area contributed by atoms with Gasteiger partial charge >= 0.3 is 0 Å². The number of aromatic nitrogens is 1. The number of carboxylic acids is 1. The number of thiazole rings is 1. The van der Waals surface area contributed by atoms with Gasteiger partial charge in [-0.25, -0.2) is 4.98 Å². The van der Waals surface area contributed by atoms with Crippen molar-refractivity contribution in [2.75, 3.05) is 0 Å². The van der Waals surface area contributed by atoms with E-state index in [1.807, 2.05) is 12.1 Å². The van der Waals surface area contributed by atoms with Crippen molar-refractivity contribution in [2.24, 2.45) is 0 Å². The lowest BCUT2D eigenvalue weighted by atomic mass is 9.82. The molecule has 2 rings (SSSR count). The normalized spacial score (nSPS) is 11.5. The Labute approximate surface area is 134 Å². The van der Waals surface area contributed by atoms with E-state index in [4.69, 9.17) is 4.74 Å². The molecule has 0 aliphatic carbocycles. The van der Waals surface area contributed by atoms with Gasteiger partial charge in [0.2, 0.25) is 0 Å². The maximum absolute atomic E-state index is 10.9. The third kappa shape index (κ3) is 3.65. The van der Waals surface area contributed by atoms with Gasteiger partial charge in [0.15, 0.2) is 0 Å². The summed E-state index contributed by atoms with van der Waals surface area (Å²) in [6, 6.07) is 8.01. The van der Waals surface area contributed by atoms with E-state index in [-0.39, 0.29) is 16.9 Å². The van der Waals surface area contributed by atoms with Crippen LogP contribution in [0.4, 0.5) is 0 Å². The fourth-order valence-electron chi connectivity index (χ4n) is 2.05. The average Bonchev–Trinajstić information content (AvgIpc) is 2.87. The minimum Gasteiger partial charge on any atom is -0.544 e. The summed E-state index contributed by atoms with van der Waals surface area (Å²) in [7, 11) is 0. The maximum Gasteiger partial charge on any atom is 0.140 e. The Hall–Kier alpha value is -1.88. The molecular formula is C17H20NO3S-. The van der Waals surface area contributed by atoms with Crippen LogP contribution in [0.2, 0.25) is 0 Å². The molecule has 0 saturated carbocycles. The van der Waals surface area contributed by atoms with E-state index in [0.717, 1.165) is 23.5 Å². The summed E-state index contributed by atoms with van der Waals surface area (Å²) in [5.41, 5.74) is 1.89. The highest BCUT2D eigenvalue weighted by Crippen LogP contribution is 2.28. The highest BCUT2D eigenvalue weighted by molar-refractivity contribution is 7.13. The highest BCUT2D eigenvalue weighted by atomic mass is 32.1. The average molecular weight is 318 g/mol. The van der Waals surface area contributed by atoms with Crippen molar-refractivity contribution in [1.82, 2.24) is 4.98 Å². The Morgan fingerprint density at radius 1 is 1.32 bits per heavy atom. The molecule has 0 fully saturated rings. The summed E-state index contributed by atoms with van der Waals surface area (Å²) in [5.74, 6) is -0.439. The van der Waals surface area contributed by atoms with Crippen LogP contribution < -0.4 is 9.84 Å². The van der Waals surface area contributed by atoms with Gasteiger partial charge in [0.25, 0.3) is 0 Å². The predicted molar refractivity (Wildman–Crippen MR) is 85.3 cm³/mol. The molecule has 0 bridgehead atoms. The topological polar surface area (TPSA) is 62.2 Å². The van der Waals surface area contributed by atoms with E-state index in [2.05, 4.69) is 37.9 Å². The molecule has 0 radical (unpaired) electrons. The summed E-state index contributed by atoms with van der Waals surface area (Å²) in [6.45, 7) is 8.51. The number of aromatic carboxylic acids is 1. The van der Waals surface area contributed by atoms with Gasteiger partial charge in [-0.05, 0) is 36.5 Å². The van der Waals surface area contributed by atoms with Crippen molar-refractivity contribution in [2.45, 2.75) is 46.1 Å². The Morgan fingerprint density at radius 2 is 1.95 bits per heavy atom. The molecule has 5 heteroatoms. The van der Waals surface area contributed by atoms with Gasteiger partial charge in [0.05, 0.1) is 16.5 Å². The van der Waals surface area contributed by atoms with Gasteiger partial charge in [0.1, 0.15) is 17.4 Å². The van der Waals surface area contributed by atoms with Crippen LogP contribution >= 0.6 is 11.3 Å². The zero-order valence-corrected chi connectivity index (χ0v) is 14.1. The Bertz CT molecular complexity index is 659. The molecule has 0 aliphatic rings. The molecule has 118 valence electrons. The molecule has 22 heavy (non-hydrogen) atoms. The van der Waals surface area contributed by atoms with Gasteiger partial charge in [-0.2, -0.15) is 0 Å². The molecule has 0 unspecified atom stereocenters. The van der Waals surface area contributed by atoms with Crippen molar-refractivity contribution in [3.63, 3.8) is 0 Å².